The minimum absolute atomic E-state index is 0.141. The molecule has 7 heteroatoms. The maximum absolute atomic E-state index is 12.3. The maximum atomic E-state index is 12.3. The number of hydrogen-bond donors (Lipinski definition) is 0. The standard InChI is InChI=1S/C21H24O7/c1-24-15-7-8-16(19(12-15)26-3)17(22)13-28-21(23)10-6-14-5-9-18(25-2)20(11-14)27-4/h5,7-9,11-12H,6,10,13H2,1-4H3. The molecule has 0 saturated heterocycles. The van der Waals surface area contributed by atoms with Crippen LogP contribution in [0.15, 0.2) is 36.4 Å². The van der Waals surface area contributed by atoms with Crippen LogP contribution in [-0.2, 0) is 16.0 Å². The van der Waals surface area contributed by atoms with Crippen LogP contribution in [0.2, 0.25) is 0 Å². The molecule has 7 nitrogen and oxygen atoms in total. The van der Waals surface area contributed by atoms with Crippen molar-refractivity contribution < 1.29 is 33.3 Å². The van der Waals surface area contributed by atoms with Crippen LogP contribution in [0.5, 0.6) is 23.0 Å². The predicted molar refractivity (Wildman–Crippen MR) is 103 cm³/mol. The number of Topliss-reactive ketones (excluding diaryl/α,β-unsaturated/α-hetero) is 1. The lowest BCUT2D eigenvalue weighted by Gasteiger charge is -2.11. The first-order chi connectivity index (χ1) is 13.5. The molecule has 0 aromatic heterocycles. The largest absolute Gasteiger partial charge is 0.497 e. The summed E-state index contributed by atoms with van der Waals surface area (Å²) in [6, 6.07) is 10.3. The van der Waals surface area contributed by atoms with E-state index in [9.17, 15) is 9.59 Å². The van der Waals surface area contributed by atoms with Crippen molar-refractivity contribution in [2.24, 2.45) is 0 Å². The molecule has 0 bridgehead atoms. The van der Waals surface area contributed by atoms with Gasteiger partial charge in [0.2, 0.25) is 5.78 Å². The summed E-state index contributed by atoms with van der Waals surface area (Å²) in [5.74, 6) is 1.34. The molecule has 0 fully saturated rings. The Morgan fingerprint density at radius 2 is 1.50 bits per heavy atom. The summed E-state index contributed by atoms with van der Waals surface area (Å²) in [6.45, 7) is -0.354. The zero-order valence-corrected chi connectivity index (χ0v) is 16.4. The quantitative estimate of drug-likeness (QED) is 0.457. The van der Waals surface area contributed by atoms with Gasteiger partial charge >= 0.3 is 5.97 Å². The van der Waals surface area contributed by atoms with E-state index < -0.39 is 5.97 Å². The van der Waals surface area contributed by atoms with Crippen LogP contribution >= 0.6 is 0 Å². The van der Waals surface area contributed by atoms with Crippen molar-refractivity contribution in [2.75, 3.05) is 35.0 Å². The van der Waals surface area contributed by atoms with Crippen molar-refractivity contribution in [3.05, 3.63) is 47.5 Å². The normalized spacial score (nSPS) is 10.1. The minimum Gasteiger partial charge on any atom is -0.497 e. The van der Waals surface area contributed by atoms with Gasteiger partial charge in [0.05, 0.1) is 34.0 Å². The minimum atomic E-state index is -0.462. The Morgan fingerprint density at radius 1 is 0.786 bits per heavy atom. The van der Waals surface area contributed by atoms with Gasteiger partial charge in [0.15, 0.2) is 18.1 Å². The molecule has 0 aliphatic rings. The Kier molecular flexibility index (Phi) is 7.68. The van der Waals surface area contributed by atoms with E-state index in [1.165, 1.54) is 14.2 Å². The summed E-state index contributed by atoms with van der Waals surface area (Å²) in [6.07, 6.45) is 0.599. The van der Waals surface area contributed by atoms with Crippen LogP contribution in [0.25, 0.3) is 0 Å². The summed E-state index contributed by atoms with van der Waals surface area (Å²) >= 11 is 0. The second-order valence-electron chi connectivity index (χ2n) is 5.84. The van der Waals surface area contributed by atoms with Gasteiger partial charge < -0.3 is 23.7 Å². The molecule has 0 unspecified atom stereocenters. The predicted octanol–water partition coefficient (Wildman–Crippen LogP) is 3.08. The van der Waals surface area contributed by atoms with E-state index in [1.807, 2.05) is 6.07 Å². The molecule has 0 radical (unpaired) electrons. The molecule has 0 N–H and O–H groups in total. The van der Waals surface area contributed by atoms with E-state index in [1.54, 1.807) is 44.6 Å². The highest BCUT2D eigenvalue weighted by Gasteiger charge is 2.16. The number of hydrogen-bond acceptors (Lipinski definition) is 7. The molecule has 28 heavy (non-hydrogen) atoms. The smallest absolute Gasteiger partial charge is 0.306 e. The van der Waals surface area contributed by atoms with E-state index in [0.29, 0.717) is 35.0 Å². The van der Waals surface area contributed by atoms with Gasteiger partial charge in [-0.2, -0.15) is 0 Å². The average Bonchev–Trinajstić information content (AvgIpc) is 2.75. The molecule has 0 aliphatic heterocycles. The molecule has 0 atom stereocenters. The summed E-state index contributed by atoms with van der Waals surface area (Å²) in [5.41, 5.74) is 1.23. The Bertz CT molecular complexity index is 829. The third-order valence-corrected chi connectivity index (χ3v) is 4.14. The highest BCUT2D eigenvalue weighted by Crippen LogP contribution is 2.28. The lowest BCUT2D eigenvalue weighted by molar-refractivity contribution is -0.142. The number of carbonyl (C=O) groups is 2. The van der Waals surface area contributed by atoms with Gasteiger partial charge in [-0.1, -0.05) is 6.07 Å². The van der Waals surface area contributed by atoms with Crippen LogP contribution < -0.4 is 18.9 Å². The van der Waals surface area contributed by atoms with E-state index in [0.717, 1.165) is 5.56 Å². The molecule has 150 valence electrons. The van der Waals surface area contributed by atoms with Gasteiger partial charge in [-0.05, 0) is 36.2 Å². The van der Waals surface area contributed by atoms with Crippen molar-refractivity contribution in [2.45, 2.75) is 12.8 Å². The Labute approximate surface area is 164 Å². The van der Waals surface area contributed by atoms with Gasteiger partial charge in [0.25, 0.3) is 0 Å². The number of ether oxygens (including phenoxy) is 5. The molecule has 0 spiro atoms. The molecule has 0 amide bonds. The van der Waals surface area contributed by atoms with Gasteiger partial charge in [0.1, 0.15) is 11.5 Å². The van der Waals surface area contributed by atoms with Gasteiger partial charge in [-0.15, -0.1) is 0 Å². The maximum Gasteiger partial charge on any atom is 0.306 e. The number of aryl methyl sites for hydroxylation is 1. The molecule has 2 aromatic carbocycles. The van der Waals surface area contributed by atoms with Gasteiger partial charge in [-0.25, -0.2) is 0 Å². The monoisotopic (exact) mass is 388 g/mol. The van der Waals surface area contributed by atoms with E-state index >= 15 is 0 Å². The van der Waals surface area contributed by atoms with Crippen LogP contribution in [0, 0.1) is 0 Å². The highest BCUT2D eigenvalue weighted by molar-refractivity contribution is 6.00. The average molecular weight is 388 g/mol. The second-order valence-corrected chi connectivity index (χ2v) is 5.84. The number of methoxy groups -OCH3 is 4. The third kappa shape index (κ3) is 5.39. The molecule has 0 heterocycles. The first kappa shape index (κ1) is 21.1. The summed E-state index contributed by atoms with van der Waals surface area (Å²) in [5, 5.41) is 0. The zero-order chi connectivity index (χ0) is 20.5. The van der Waals surface area contributed by atoms with Crippen molar-refractivity contribution in [1.82, 2.24) is 0 Å². The Hall–Kier alpha value is -3.22. The second kappa shape index (κ2) is 10.2. The van der Waals surface area contributed by atoms with E-state index in [-0.39, 0.29) is 18.8 Å². The fourth-order valence-electron chi connectivity index (χ4n) is 2.61. The lowest BCUT2D eigenvalue weighted by atomic mass is 10.1. The Balaban J connectivity index is 1.90. The SMILES string of the molecule is COc1ccc(C(=O)COC(=O)CCc2ccc(OC)c(OC)c2)c(OC)c1. The number of rotatable bonds is 10. The number of esters is 1. The van der Waals surface area contributed by atoms with Crippen LogP contribution in [-0.4, -0.2) is 46.8 Å². The molecule has 2 aromatic rings. The van der Waals surface area contributed by atoms with Crippen LogP contribution in [0.1, 0.15) is 22.3 Å². The van der Waals surface area contributed by atoms with Crippen molar-refractivity contribution in [3.63, 3.8) is 0 Å². The van der Waals surface area contributed by atoms with Crippen molar-refractivity contribution in [1.29, 1.82) is 0 Å². The third-order valence-electron chi connectivity index (χ3n) is 4.14. The number of benzene rings is 2. The lowest BCUT2D eigenvalue weighted by Crippen LogP contribution is -2.15. The number of ketones is 1. The van der Waals surface area contributed by atoms with Crippen LogP contribution in [0.4, 0.5) is 0 Å². The fourth-order valence-corrected chi connectivity index (χ4v) is 2.61. The molecule has 2 rings (SSSR count). The zero-order valence-electron chi connectivity index (χ0n) is 16.4. The molecule has 0 aliphatic carbocycles. The molecular weight excluding hydrogens is 364 g/mol. The van der Waals surface area contributed by atoms with Crippen LogP contribution in [0.3, 0.4) is 0 Å². The molecular formula is C21H24O7. The fraction of sp³-hybridized carbons (Fsp3) is 0.333. The Morgan fingerprint density at radius 3 is 2.14 bits per heavy atom. The van der Waals surface area contributed by atoms with E-state index in [2.05, 4.69) is 0 Å². The summed E-state index contributed by atoms with van der Waals surface area (Å²) in [7, 11) is 6.09. The van der Waals surface area contributed by atoms with Crippen molar-refractivity contribution >= 4 is 11.8 Å². The summed E-state index contributed by atoms with van der Waals surface area (Å²) < 4.78 is 25.8. The topological polar surface area (TPSA) is 80.3 Å². The van der Waals surface area contributed by atoms with E-state index in [4.69, 9.17) is 23.7 Å². The first-order valence-corrected chi connectivity index (χ1v) is 8.64. The number of carbonyl (C=O) groups excluding carboxylic acids is 2. The van der Waals surface area contributed by atoms with Gasteiger partial charge in [0, 0.05) is 12.5 Å². The highest BCUT2D eigenvalue weighted by atomic mass is 16.5. The van der Waals surface area contributed by atoms with Gasteiger partial charge in [-0.3, -0.25) is 9.59 Å². The summed E-state index contributed by atoms with van der Waals surface area (Å²) in [4.78, 5) is 24.3. The molecule has 0 saturated carbocycles. The van der Waals surface area contributed by atoms with Crippen molar-refractivity contribution in [3.8, 4) is 23.0 Å². The first-order valence-electron chi connectivity index (χ1n) is 8.64.